The Labute approximate surface area is 142 Å². The number of hydrogen-bond donors (Lipinski definition) is 0. The maximum Gasteiger partial charge on any atom is 0.256 e. The van der Waals surface area contributed by atoms with Gasteiger partial charge in [0.15, 0.2) is 0 Å². The smallest absolute Gasteiger partial charge is 0.256 e. The minimum absolute atomic E-state index is 0.122. The van der Waals surface area contributed by atoms with Crippen LogP contribution < -0.4 is 4.74 Å². The molecule has 1 atom stereocenters. The summed E-state index contributed by atoms with van der Waals surface area (Å²) in [7, 11) is 4.04. The SMILES string of the molecule is CN(C)CCOc1ccccc1-c1noc(C2CCC(C)(C)O2)n1. The predicted octanol–water partition coefficient (Wildman–Crippen LogP) is 3.31. The number of rotatable bonds is 6. The molecule has 3 rings (SSSR count). The highest BCUT2D eigenvalue weighted by atomic mass is 16.5. The highest BCUT2D eigenvalue weighted by molar-refractivity contribution is 5.63. The summed E-state index contributed by atoms with van der Waals surface area (Å²) in [6.45, 7) is 5.61. The van der Waals surface area contributed by atoms with E-state index in [0.717, 1.165) is 30.7 Å². The Kier molecular flexibility index (Phi) is 4.87. The Hall–Kier alpha value is -1.92. The highest BCUT2D eigenvalue weighted by Crippen LogP contribution is 2.39. The molecule has 1 aliphatic rings. The summed E-state index contributed by atoms with van der Waals surface area (Å²) in [5.74, 6) is 1.84. The molecule has 0 radical (unpaired) electrons. The number of aromatic nitrogens is 2. The minimum atomic E-state index is -0.132. The number of nitrogens with zero attached hydrogens (tertiary/aromatic N) is 3. The van der Waals surface area contributed by atoms with Crippen LogP contribution in [0.4, 0.5) is 0 Å². The van der Waals surface area contributed by atoms with E-state index in [9.17, 15) is 0 Å². The fraction of sp³-hybridized carbons (Fsp3) is 0.556. The van der Waals surface area contributed by atoms with Crippen LogP contribution in [-0.2, 0) is 4.74 Å². The molecular formula is C18H25N3O3. The summed E-state index contributed by atoms with van der Waals surface area (Å²) in [5.41, 5.74) is 0.704. The van der Waals surface area contributed by atoms with Gasteiger partial charge in [0.05, 0.1) is 11.2 Å². The number of para-hydroxylation sites is 1. The van der Waals surface area contributed by atoms with Crippen LogP contribution in [0.1, 0.15) is 38.7 Å². The summed E-state index contributed by atoms with van der Waals surface area (Å²) in [6.07, 6.45) is 1.76. The maximum atomic E-state index is 5.97. The van der Waals surface area contributed by atoms with E-state index in [1.54, 1.807) is 0 Å². The molecule has 0 saturated carbocycles. The molecule has 0 amide bonds. The second-order valence-corrected chi connectivity index (χ2v) is 7.01. The average Bonchev–Trinajstić information content (AvgIpc) is 3.14. The van der Waals surface area contributed by atoms with E-state index in [1.165, 1.54) is 0 Å². The van der Waals surface area contributed by atoms with Crippen molar-refractivity contribution in [3.8, 4) is 17.1 Å². The van der Waals surface area contributed by atoms with E-state index in [-0.39, 0.29) is 11.7 Å². The zero-order valence-corrected chi connectivity index (χ0v) is 14.8. The summed E-state index contributed by atoms with van der Waals surface area (Å²) < 4.78 is 17.3. The molecule has 0 aliphatic carbocycles. The van der Waals surface area contributed by atoms with E-state index in [4.69, 9.17) is 14.0 Å². The predicted molar refractivity (Wildman–Crippen MR) is 90.9 cm³/mol. The van der Waals surface area contributed by atoms with E-state index in [0.29, 0.717) is 18.3 Å². The zero-order valence-electron chi connectivity index (χ0n) is 14.8. The van der Waals surface area contributed by atoms with Gasteiger partial charge in [-0.2, -0.15) is 4.98 Å². The number of benzene rings is 1. The van der Waals surface area contributed by atoms with Gasteiger partial charge in [0.1, 0.15) is 18.5 Å². The van der Waals surface area contributed by atoms with Gasteiger partial charge in [-0.05, 0) is 52.9 Å². The van der Waals surface area contributed by atoms with Crippen molar-refractivity contribution in [3.63, 3.8) is 0 Å². The lowest BCUT2D eigenvalue weighted by atomic mass is 10.1. The van der Waals surface area contributed by atoms with Gasteiger partial charge in [-0.1, -0.05) is 17.3 Å². The van der Waals surface area contributed by atoms with Crippen LogP contribution in [0.5, 0.6) is 5.75 Å². The van der Waals surface area contributed by atoms with Crippen LogP contribution >= 0.6 is 0 Å². The monoisotopic (exact) mass is 331 g/mol. The first-order chi connectivity index (χ1) is 11.4. The lowest BCUT2D eigenvalue weighted by Gasteiger charge is -2.17. The van der Waals surface area contributed by atoms with E-state index >= 15 is 0 Å². The number of ether oxygens (including phenoxy) is 2. The lowest BCUT2D eigenvalue weighted by Crippen LogP contribution is -2.19. The quantitative estimate of drug-likeness (QED) is 0.809. The van der Waals surface area contributed by atoms with E-state index < -0.39 is 0 Å². The Balaban J connectivity index is 1.75. The largest absolute Gasteiger partial charge is 0.491 e. The van der Waals surface area contributed by atoms with Crippen molar-refractivity contribution in [1.29, 1.82) is 0 Å². The molecule has 1 aromatic heterocycles. The number of likely N-dealkylation sites (N-methyl/N-ethyl adjacent to an activating group) is 1. The molecule has 2 heterocycles. The Morgan fingerprint density at radius 3 is 2.79 bits per heavy atom. The summed E-state index contributed by atoms with van der Waals surface area (Å²) >= 11 is 0. The van der Waals surface area contributed by atoms with Gasteiger partial charge < -0.3 is 18.9 Å². The van der Waals surface area contributed by atoms with Crippen molar-refractivity contribution in [1.82, 2.24) is 15.0 Å². The Bertz CT molecular complexity index is 682. The first kappa shape index (κ1) is 16.9. The fourth-order valence-electron chi connectivity index (χ4n) is 2.75. The van der Waals surface area contributed by atoms with Gasteiger partial charge in [-0.25, -0.2) is 0 Å². The van der Waals surface area contributed by atoms with Crippen molar-refractivity contribution in [3.05, 3.63) is 30.2 Å². The Morgan fingerprint density at radius 2 is 2.08 bits per heavy atom. The Morgan fingerprint density at radius 1 is 1.29 bits per heavy atom. The highest BCUT2D eigenvalue weighted by Gasteiger charge is 2.36. The second-order valence-electron chi connectivity index (χ2n) is 7.01. The molecule has 2 aromatic rings. The van der Waals surface area contributed by atoms with Crippen LogP contribution in [-0.4, -0.2) is 47.9 Å². The van der Waals surface area contributed by atoms with Crippen LogP contribution in [0.3, 0.4) is 0 Å². The third-order valence-corrected chi connectivity index (χ3v) is 4.11. The lowest BCUT2D eigenvalue weighted by molar-refractivity contribution is -0.0292. The van der Waals surface area contributed by atoms with Crippen LogP contribution in [0.15, 0.2) is 28.8 Å². The topological polar surface area (TPSA) is 60.6 Å². The standard InChI is InChI=1S/C18H25N3O3/c1-18(2)10-9-15(23-18)17-19-16(20-24-17)13-7-5-6-8-14(13)22-12-11-21(3)4/h5-8,15H,9-12H2,1-4H3. The molecule has 1 unspecified atom stereocenters. The van der Waals surface area contributed by atoms with Crippen LogP contribution in [0.2, 0.25) is 0 Å². The van der Waals surface area contributed by atoms with Crippen molar-refractivity contribution in [2.75, 3.05) is 27.2 Å². The zero-order chi connectivity index (χ0) is 17.2. The van der Waals surface area contributed by atoms with Gasteiger partial charge in [0.2, 0.25) is 5.82 Å². The molecule has 1 saturated heterocycles. The third kappa shape index (κ3) is 3.94. The van der Waals surface area contributed by atoms with Gasteiger partial charge in [-0.15, -0.1) is 0 Å². The normalized spacial score (nSPS) is 19.8. The average molecular weight is 331 g/mol. The van der Waals surface area contributed by atoms with Gasteiger partial charge in [0, 0.05) is 6.54 Å². The first-order valence-electron chi connectivity index (χ1n) is 8.33. The van der Waals surface area contributed by atoms with Crippen molar-refractivity contribution < 1.29 is 14.0 Å². The van der Waals surface area contributed by atoms with Crippen LogP contribution in [0.25, 0.3) is 11.4 Å². The maximum absolute atomic E-state index is 5.97. The number of hydrogen-bond acceptors (Lipinski definition) is 6. The van der Waals surface area contributed by atoms with Crippen molar-refractivity contribution >= 4 is 0 Å². The molecular weight excluding hydrogens is 306 g/mol. The van der Waals surface area contributed by atoms with Gasteiger partial charge in [0.25, 0.3) is 5.89 Å². The summed E-state index contributed by atoms with van der Waals surface area (Å²) in [6, 6.07) is 7.76. The van der Waals surface area contributed by atoms with Crippen LogP contribution in [0, 0.1) is 0 Å². The third-order valence-electron chi connectivity index (χ3n) is 4.11. The molecule has 0 N–H and O–H groups in total. The van der Waals surface area contributed by atoms with Crippen molar-refractivity contribution in [2.45, 2.75) is 38.4 Å². The molecule has 24 heavy (non-hydrogen) atoms. The molecule has 6 heteroatoms. The van der Waals surface area contributed by atoms with E-state index in [2.05, 4.69) is 28.9 Å². The summed E-state index contributed by atoms with van der Waals surface area (Å²) in [5, 5.41) is 4.13. The molecule has 1 aliphatic heterocycles. The second kappa shape index (κ2) is 6.91. The molecule has 1 fully saturated rings. The fourth-order valence-corrected chi connectivity index (χ4v) is 2.75. The molecule has 0 spiro atoms. The van der Waals surface area contributed by atoms with Crippen molar-refractivity contribution in [2.24, 2.45) is 0 Å². The van der Waals surface area contributed by atoms with Gasteiger partial charge >= 0.3 is 0 Å². The molecule has 6 nitrogen and oxygen atoms in total. The van der Waals surface area contributed by atoms with Gasteiger partial charge in [-0.3, -0.25) is 0 Å². The molecule has 0 bridgehead atoms. The summed E-state index contributed by atoms with van der Waals surface area (Å²) in [4.78, 5) is 6.62. The minimum Gasteiger partial charge on any atom is -0.491 e. The molecule has 130 valence electrons. The van der Waals surface area contributed by atoms with E-state index in [1.807, 2.05) is 38.4 Å². The first-order valence-corrected chi connectivity index (χ1v) is 8.33. The molecule has 1 aromatic carbocycles.